The maximum Gasteiger partial charge on any atom is 0.613 e. The van der Waals surface area contributed by atoms with Gasteiger partial charge in [0.2, 0.25) is 5.60 Å². The molecule has 0 aliphatic carbocycles. The molecule has 228 valence electrons. The number of hydrogen-bond acceptors (Lipinski definition) is 14. The molecule has 42 heavy (non-hydrogen) atoms. The number of ether oxygens (including phenoxy) is 5. The van der Waals surface area contributed by atoms with Gasteiger partial charge in [0.25, 0.3) is 0 Å². The molecule has 1 aliphatic heterocycles. The quantitative estimate of drug-likeness (QED) is 0.176. The minimum absolute atomic E-state index is 0.118. The summed E-state index contributed by atoms with van der Waals surface area (Å²) >= 11 is 0. The lowest BCUT2D eigenvalue weighted by Crippen LogP contribution is -2.52. The van der Waals surface area contributed by atoms with Gasteiger partial charge >= 0.3 is 26.1 Å². The van der Waals surface area contributed by atoms with Crippen LogP contribution >= 0.6 is 8.18 Å². The van der Waals surface area contributed by atoms with Crippen molar-refractivity contribution in [3.05, 3.63) is 24.2 Å². The zero-order valence-corrected chi connectivity index (χ0v) is 24.6. The van der Waals surface area contributed by atoms with Gasteiger partial charge in [-0.1, -0.05) is 5.09 Å². The SMILES string of the molecule is CO[C@](C#N)(CO[P+](=O)N[C@@H](C)C(=O)OCC1CCOCC1)[C@@H](OC(C)=O)[C@@H](OC(C)=O)c1ccc2c(N)ncnn12. The van der Waals surface area contributed by atoms with E-state index in [1.807, 2.05) is 6.07 Å². The van der Waals surface area contributed by atoms with Gasteiger partial charge in [0.1, 0.15) is 24.0 Å². The lowest BCUT2D eigenvalue weighted by molar-refractivity contribution is -0.191. The minimum Gasteiger partial charge on any atom is -0.464 e. The van der Waals surface area contributed by atoms with Crippen molar-refractivity contribution in [3.63, 3.8) is 0 Å². The second-order valence-corrected chi connectivity index (χ2v) is 10.6. The maximum atomic E-state index is 12.8. The van der Waals surface area contributed by atoms with Gasteiger partial charge in [-0.2, -0.15) is 10.4 Å². The molecule has 0 bridgehead atoms. The van der Waals surface area contributed by atoms with Gasteiger partial charge in [0.15, 0.2) is 24.6 Å². The molecule has 0 aromatic carbocycles. The fraction of sp³-hybridized carbons (Fsp3) is 0.600. The van der Waals surface area contributed by atoms with Crippen molar-refractivity contribution in [2.45, 2.75) is 57.5 Å². The van der Waals surface area contributed by atoms with Gasteiger partial charge in [-0.15, -0.1) is 4.52 Å². The van der Waals surface area contributed by atoms with Gasteiger partial charge in [0, 0.05) is 34.2 Å². The first-order valence-electron chi connectivity index (χ1n) is 13.0. The van der Waals surface area contributed by atoms with Crippen molar-refractivity contribution in [2.24, 2.45) is 5.92 Å². The molecule has 0 amide bonds. The largest absolute Gasteiger partial charge is 0.613 e. The Labute approximate surface area is 242 Å². The van der Waals surface area contributed by atoms with Crippen molar-refractivity contribution in [3.8, 4) is 6.07 Å². The summed E-state index contributed by atoms with van der Waals surface area (Å²) in [6.45, 7) is 4.33. The summed E-state index contributed by atoms with van der Waals surface area (Å²) < 4.78 is 46.5. The Bertz CT molecular complexity index is 1330. The number of nitrogens with zero attached hydrogens (tertiary/aromatic N) is 4. The second kappa shape index (κ2) is 14.9. The van der Waals surface area contributed by atoms with E-state index < -0.39 is 56.5 Å². The molecule has 1 aliphatic rings. The topological polar surface area (TPSA) is 216 Å². The molecule has 0 saturated carbocycles. The van der Waals surface area contributed by atoms with Gasteiger partial charge in [-0.05, 0) is 42.4 Å². The lowest BCUT2D eigenvalue weighted by atomic mass is 9.92. The van der Waals surface area contributed by atoms with E-state index in [2.05, 4.69) is 15.2 Å². The summed E-state index contributed by atoms with van der Waals surface area (Å²) in [4.78, 5) is 40.7. The van der Waals surface area contributed by atoms with Crippen LogP contribution in [0.25, 0.3) is 5.52 Å². The number of esters is 3. The number of rotatable bonds is 14. The highest BCUT2D eigenvalue weighted by atomic mass is 31.1. The van der Waals surface area contributed by atoms with Crippen LogP contribution in [0.1, 0.15) is 45.4 Å². The monoisotopic (exact) mass is 609 g/mol. The summed E-state index contributed by atoms with van der Waals surface area (Å²) in [7, 11) is -1.61. The molecular weight excluding hydrogens is 575 g/mol. The van der Waals surface area contributed by atoms with Crippen molar-refractivity contribution >= 4 is 37.4 Å². The molecule has 17 heteroatoms. The van der Waals surface area contributed by atoms with Crippen LogP contribution < -0.4 is 10.8 Å². The van der Waals surface area contributed by atoms with Crippen molar-refractivity contribution in [1.29, 1.82) is 5.26 Å². The Hall–Kier alpha value is -3.74. The predicted molar refractivity (Wildman–Crippen MR) is 143 cm³/mol. The molecule has 3 rings (SSSR count). The van der Waals surface area contributed by atoms with E-state index in [1.54, 1.807) is 6.07 Å². The normalized spacial score (nSPS) is 17.7. The van der Waals surface area contributed by atoms with E-state index in [0.717, 1.165) is 33.8 Å². The predicted octanol–water partition coefficient (Wildman–Crippen LogP) is 1.38. The fourth-order valence-electron chi connectivity index (χ4n) is 4.26. The zero-order chi connectivity index (χ0) is 30.9. The summed E-state index contributed by atoms with van der Waals surface area (Å²) in [6.07, 6.45) is -0.390. The van der Waals surface area contributed by atoms with Crippen molar-refractivity contribution in [2.75, 3.05) is 39.3 Å². The second-order valence-electron chi connectivity index (χ2n) is 9.53. The number of aromatic nitrogens is 3. The highest BCUT2D eigenvalue weighted by Crippen LogP contribution is 2.36. The minimum atomic E-state index is -2.75. The van der Waals surface area contributed by atoms with Crippen LogP contribution in [0.2, 0.25) is 0 Å². The number of carbonyl (C=O) groups is 3. The van der Waals surface area contributed by atoms with E-state index in [-0.39, 0.29) is 24.0 Å². The van der Waals surface area contributed by atoms with Crippen LogP contribution in [0.5, 0.6) is 0 Å². The molecule has 5 atom stereocenters. The number of nitrogens with one attached hydrogen (secondary N) is 1. The standard InChI is InChI=1S/C25H34N6O10P/c1-15(24(34)38-11-18-7-9-37-10-8-18)30-42(35)39-13-25(12-26,36-4)22(41-17(3)33)21(40-16(2)32)19-5-6-20-23(27)28-14-29-31(19)20/h5-6,14-15,18,21-22H,7-11,13H2,1-4H3,(H,30,35)(H2,27,28,29)/q+1/t15-,21-,22-,25+/m0/s1. The number of fused-ring (bicyclic) bond motifs is 1. The Balaban J connectivity index is 1.80. The van der Waals surface area contributed by atoms with Gasteiger partial charge < -0.3 is 29.4 Å². The number of methoxy groups -OCH3 is 1. The molecule has 16 nitrogen and oxygen atoms in total. The van der Waals surface area contributed by atoms with Gasteiger partial charge in [-0.25, -0.2) is 9.50 Å². The molecule has 0 spiro atoms. The van der Waals surface area contributed by atoms with Crippen molar-refractivity contribution < 1.29 is 47.2 Å². The highest BCUT2D eigenvalue weighted by molar-refractivity contribution is 7.36. The Morgan fingerprint density at radius 1 is 1.26 bits per heavy atom. The van der Waals surface area contributed by atoms with Gasteiger partial charge in [0.05, 0.1) is 12.3 Å². The Morgan fingerprint density at radius 3 is 2.57 bits per heavy atom. The first-order valence-corrected chi connectivity index (χ1v) is 14.2. The average Bonchev–Trinajstić information content (AvgIpc) is 3.40. The van der Waals surface area contributed by atoms with Gasteiger partial charge in [-0.3, -0.25) is 14.4 Å². The molecular formula is C25H34N6O10P+. The maximum absolute atomic E-state index is 12.8. The molecule has 1 saturated heterocycles. The van der Waals surface area contributed by atoms with E-state index in [9.17, 15) is 24.2 Å². The third-order valence-electron chi connectivity index (χ3n) is 6.53. The summed E-state index contributed by atoms with van der Waals surface area (Å²) in [6, 6.07) is 3.93. The number of nitrogen functional groups attached to an aromatic ring is 1. The van der Waals surface area contributed by atoms with Crippen LogP contribution in [-0.2, 0) is 47.2 Å². The number of anilines is 1. The van der Waals surface area contributed by atoms with Crippen LogP contribution in [0, 0.1) is 17.2 Å². The fourth-order valence-corrected chi connectivity index (χ4v) is 5.07. The number of nitriles is 1. The Morgan fingerprint density at radius 2 is 1.95 bits per heavy atom. The zero-order valence-electron chi connectivity index (χ0n) is 23.7. The third kappa shape index (κ3) is 8.17. The molecule has 1 fully saturated rings. The van der Waals surface area contributed by atoms with Crippen LogP contribution in [0.3, 0.4) is 0 Å². The van der Waals surface area contributed by atoms with E-state index in [0.29, 0.717) is 18.7 Å². The van der Waals surface area contributed by atoms with E-state index in [4.69, 9.17) is 33.9 Å². The molecule has 3 N–H and O–H groups in total. The molecule has 2 aromatic heterocycles. The van der Waals surface area contributed by atoms with Crippen molar-refractivity contribution in [1.82, 2.24) is 19.7 Å². The van der Waals surface area contributed by atoms with E-state index in [1.165, 1.54) is 23.8 Å². The van der Waals surface area contributed by atoms with Crippen LogP contribution in [0.15, 0.2) is 18.5 Å². The van der Waals surface area contributed by atoms with Crippen LogP contribution in [-0.4, -0.2) is 83.8 Å². The van der Waals surface area contributed by atoms with E-state index >= 15 is 0 Å². The summed E-state index contributed by atoms with van der Waals surface area (Å²) in [5.74, 6) is -1.96. The smallest absolute Gasteiger partial charge is 0.464 e. The summed E-state index contributed by atoms with van der Waals surface area (Å²) in [5, 5.41) is 16.8. The molecule has 3 heterocycles. The lowest BCUT2D eigenvalue weighted by Gasteiger charge is -2.35. The number of nitrogens with two attached hydrogens (primary N) is 1. The first kappa shape index (κ1) is 32.8. The average molecular weight is 610 g/mol. The highest BCUT2D eigenvalue weighted by Gasteiger charge is 2.52. The van der Waals surface area contributed by atoms with Crippen LogP contribution in [0.4, 0.5) is 5.82 Å². The number of hydrogen-bond donors (Lipinski definition) is 2. The molecule has 2 aromatic rings. The molecule has 0 radical (unpaired) electrons. The molecule has 1 unspecified atom stereocenters. The summed E-state index contributed by atoms with van der Waals surface area (Å²) in [5.41, 5.74) is 4.29. The number of carbonyl (C=O) groups excluding carboxylic acids is 3. The third-order valence-corrected chi connectivity index (χ3v) is 7.49. The first-order chi connectivity index (χ1) is 20.0. The Kier molecular flexibility index (Phi) is 11.7.